The third-order valence-electron chi connectivity index (χ3n) is 4.23. The van der Waals surface area contributed by atoms with E-state index in [1.54, 1.807) is 7.11 Å². The van der Waals surface area contributed by atoms with Crippen LogP contribution in [-0.4, -0.2) is 36.7 Å². The second kappa shape index (κ2) is 6.67. The molecule has 0 aromatic heterocycles. The first kappa shape index (κ1) is 16.8. The first-order valence-electron chi connectivity index (χ1n) is 7.64. The van der Waals surface area contributed by atoms with Crippen molar-refractivity contribution in [2.24, 2.45) is 5.92 Å². The zero-order chi connectivity index (χ0) is 15.6. The Morgan fingerprint density at radius 1 is 1.43 bits per heavy atom. The van der Waals surface area contributed by atoms with Gasteiger partial charge in [-0.1, -0.05) is 19.9 Å². The van der Waals surface area contributed by atoms with Crippen LogP contribution in [-0.2, 0) is 6.54 Å². The van der Waals surface area contributed by atoms with Crippen molar-refractivity contribution in [1.29, 1.82) is 0 Å². The van der Waals surface area contributed by atoms with Crippen molar-refractivity contribution in [3.8, 4) is 5.75 Å². The van der Waals surface area contributed by atoms with Gasteiger partial charge < -0.3 is 10.1 Å². The number of piperazine rings is 1. The molecule has 1 heterocycles. The van der Waals surface area contributed by atoms with Gasteiger partial charge in [0.05, 0.1) is 11.6 Å². The van der Waals surface area contributed by atoms with Crippen LogP contribution in [0.4, 0.5) is 0 Å². The van der Waals surface area contributed by atoms with Crippen molar-refractivity contribution < 1.29 is 4.74 Å². The van der Waals surface area contributed by atoms with E-state index in [0.29, 0.717) is 12.0 Å². The second-order valence-corrected chi connectivity index (χ2v) is 7.80. The fourth-order valence-corrected chi connectivity index (χ4v) is 3.65. The number of nitrogens with zero attached hydrogens (tertiary/aromatic N) is 1. The third kappa shape index (κ3) is 4.21. The van der Waals surface area contributed by atoms with E-state index in [4.69, 9.17) is 4.74 Å². The quantitative estimate of drug-likeness (QED) is 0.892. The highest BCUT2D eigenvalue weighted by atomic mass is 79.9. The maximum Gasteiger partial charge on any atom is 0.133 e. The van der Waals surface area contributed by atoms with Gasteiger partial charge in [0.25, 0.3) is 0 Å². The number of ether oxygens (including phenoxy) is 1. The Hall–Kier alpha value is -0.580. The Bertz CT molecular complexity index is 488. The molecule has 118 valence electrons. The molecule has 0 bridgehead atoms. The predicted molar refractivity (Wildman–Crippen MR) is 91.8 cm³/mol. The van der Waals surface area contributed by atoms with Gasteiger partial charge in [-0.05, 0) is 53.4 Å². The predicted octanol–water partition coefficient (Wildman–Crippen LogP) is 3.67. The summed E-state index contributed by atoms with van der Waals surface area (Å²) >= 11 is 3.58. The van der Waals surface area contributed by atoms with Crippen LogP contribution in [0, 0.1) is 5.92 Å². The van der Waals surface area contributed by atoms with Gasteiger partial charge in [-0.25, -0.2) is 0 Å². The van der Waals surface area contributed by atoms with E-state index in [2.05, 4.69) is 66.0 Å². The molecule has 1 saturated heterocycles. The maximum atomic E-state index is 5.31. The van der Waals surface area contributed by atoms with Crippen LogP contribution < -0.4 is 10.1 Å². The van der Waals surface area contributed by atoms with Crippen molar-refractivity contribution in [1.82, 2.24) is 10.2 Å². The van der Waals surface area contributed by atoms with Crippen LogP contribution >= 0.6 is 15.9 Å². The van der Waals surface area contributed by atoms with E-state index < -0.39 is 0 Å². The van der Waals surface area contributed by atoms with Gasteiger partial charge in [-0.15, -0.1) is 0 Å². The van der Waals surface area contributed by atoms with Crippen LogP contribution in [0.5, 0.6) is 5.75 Å². The van der Waals surface area contributed by atoms with Crippen LogP contribution in [0.15, 0.2) is 22.7 Å². The average Bonchev–Trinajstić information content (AvgIpc) is 2.37. The topological polar surface area (TPSA) is 24.5 Å². The SMILES string of the molecule is COc1ccc(CN2CC(C)(C)NCC2C(C)C)cc1Br. The molecule has 1 N–H and O–H groups in total. The molecule has 3 nitrogen and oxygen atoms in total. The summed E-state index contributed by atoms with van der Waals surface area (Å²) in [6.07, 6.45) is 0. The number of hydrogen-bond acceptors (Lipinski definition) is 3. The zero-order valence-electron chi connectivity index (χ0n) is 13.7. The molecule has 0 amide bonds. The molecule has 1 atom stereocenters. The van der Waals surface area contributed by atoms with E-state index >= 15 is 0 Å². The van der Waals surface area contributed by atoms with E-state index in [9.17, 15) is 0 Å². The number of halogens is 1. The minimum atomic E-state index is 0.176. The lowest BCUT2D eigenvalue weighted by Crippen LogP contribution is -2.62. The fraction of sp³-hybridized carbons (Fsp3) is 0.647. The van der Waals surface area contributed by atoms with Gasteiger partial charge in [0.2, 0.25) is 0 Å². The van der Waals surface area contributed by atoms with E-state index in [1.165, 1.54) is 5.56 Å². The van der Waals surface area contributed by atoms with Crippen molar-refractivity contribution in [3.63, 3.8) is 0 Å². The molecule has 0 spiro atoms. The van der Waals surface area contributed by atoms with Crippen LogP contribution in [0.3, 0.4) is 0 Å². The van der Waals surface area contributed by atoms with Gasteiger partial charge in [0.1, 0.15) is 5.75 Å². The largest absolute Gasteiger partial charge is 0.496 e. The molecule has 0 radical (unpaired) electrons. The second-order valence-electron chi connectivity index (χ2n) is 6.95. The van der Waals surface area contributed by atoms with Gasteiger partial charge in [-0.2, -0.15) is 0 Å². The summed E-state index contributed by atoms with van der Waals surface area (Å²) < 4.78 is 6.34. The Balaban J connectivity index is 2.16. The van der Waals surface area contributed by atoms with Crippen LogP contribution in [0.1, 0.15) is 33.3 Å². The smallest absolute Gasteiger partial charge is 0.133 e. The lowest BCUT2D eigenvalue weighted by Gasteiger charge is -2.46. The summed E-state index contributed by atoms with van der Waals surface area (Å²) in [5.41, 5.74) is 1.50. The molecule has 0 aliphatic carbocycles. The molecule has 1 aromatic rings. The highest BCUT2D eigenvalue weighted by Crippen LogP contribution is 2.28. The van der Waals surface area contributed by atoms with Crippen molar-refractivity contribution in [2.75, 3.05) is 20.2 Å². The summed E-state index contributed by atoms with van der Waals surface area (Å²) in [5.74, 6) is 1.54. The molecule has 1 fully saturated rings. The average molecular weight is 355 g/mol. The fourth-order valence-electron chi connectivity index (χ4n) is 3.06. The molecule has 1 unspecified atom stereocenters. The number of rotatable bonds is 4. The van der Waals surface area contributed by atoms with Crippen molar-refractivity contribution in [2.45, 2.75) is 45.8 Å². The molecule has 2 rings (SSSR count). The summed E-state index contributed by atoms with van der Waals surface area (Å²) in [4.78, 5) is 2.61. The lowest BCUT2D eigenvalue weighted by atomic mass is 9.92. The van der Waals surface area contributed by atoms with Gasteiger partial charge in [0, 0.05) is 31.2 Å². The monoisotopic (exact) mass is 354 g/mol. The first-order valence-corrected chi connectivity index (χ1v) is 8.43. The van der Waals surface area contributed by atoms with Crippen molar-refractivity contribution in [3.05, 3.63) is 28.2 Å². The van der Waals surface area contributed by atoms with Gasteiger partial charge in [-0.3, -0.25) is 4.90 Å². The summed E-state index contributed by atoms with van der Waals surface area (Å²) in [6, 6.07) is 6.96. The Morgan fingerprint density at radius 2 is 2.14 bits per heavy atom. The van der Waals surface area contributed by atoms with Crippen molar-refractivity contribution >= 4 is 15.9 Å². The van der Waals surface area contributed by atoms with Gasteiger partial charge >= 0.3 is 0 Å². The minimum absolute atomic E-state index is 0.176. The van der Waals surface area contributed by atoms with E-state index in [-0.39, 0.29) is 5.54 Å². The van der Waals surface area contributed by atoms with Crippen LogP contribution in [0.25, 0.3) is 0 Å². The standard InChI is InChI=1S/C17H27BrN2O/c1-12(2)15-9-19-17(3,4)11-20(15)10-13-6-7-16(21-5)14(18)8-13/h6-8,12,15,19H,9-11H2,1-5H3. The molecular weight excluding hydrogens is 328 g/mol. The minimum Gasteiger partial charge on any atom is -0.496 e. The Morgan fingerprint density at radius 3 is 2.71 bits per heavy atom. The summed E-state index contributed by atoms with van der Waals surface area (Å²) in [6.45, 7) is 12.3. The highest BCUT2D eigenvalue weighted by Gasteiger charge is 2.33. The molecular formula is C17H27BrN2O. The third-order valence-corrected chi connectivity index (χ3v) is 4.85. The molecule has 21 heavy (non-hydrogen) atoms. The van der Waals surface area contributed by atoms with E-state index in [1.807, 2.05) is 6.07 Å². The number of nitrogens with one attached hydrogen (secondary N) is 1. The molecule has 4 heteroatoms. The Labute approximate surface area is 137 Å². The number of hydrogen-bond donors (Lipinski definition) is 1. The number of methoxy groups -OCH3 is 1. The summed E-state index contributed by atoms with van der Waals surface area (Å²) in [7, 11) is 1.70. The number of benzene rings is 1. The lowest BCUT2D eigenvalue weighted by molar-refractivity contribution is 0.0627. The Kier molecular flexibility index (Phi) is 5.33. The molecule has 0 saturated carbocycles. The van der Waals surface area contributed by atoms with Gasteiger partial charge in [0.15, 0.2) is 0 Å². The van der Waals surface area contributed by atoms with E-state index in [0.717, 1.165) is 29.9 Å². The summed E-state index contributed by atoms with van der Waals surface area (Å²) in [5, 5.41) is 3.66. The molecule has 1 aliphatic rings. The highest BCUT2D eigenvalue weighted by molar-refractivity contribution is 9.10. The first-order chi connectivity index (χ1) is 9.82. The molecule has 1 aromatic carbocycles. The van der Waals surface area contributed by atoms with Crippen LogP contribution in [0.2, 0.25) is 0 Å². The zero-order valence-corrected chi connectivity index (χ0v) is 15.3. The maximum absolute atomic E-state index is 5.31. The normalized spacial score (nSPS) is 22.5. The molecule has 1 aliphatic heterocycles.